The molecule has 0 aliphatic carbocycles. The normalized spacial score (nSPS) is 8.93. The number of ether oxygens (including phenoxy) is 2. The van der Waals surface area contributed by atoms with Crippen LogP contribution in [0.3, 0.4) is 0 Å². The van der Waals surface area contributed by atoms with Crippen molar-refractivity contribution in [1.82, 2.24) is 0 Å². The van der Waals surface area contributed by atoms with E-state index in [1.807, 2.05) is 12.1 Å². The van der Waals surface area contributed by atoms with Crippen molar-refractivity contribution in [2.45, 2.75) is 26.8 Å². The van der Waals surface area contributed by atoms with Crippen LogP contribution in [0.15, 0.2) is 36.4 Å². The predicted molar refractivity (Wildman–Crippen MR) is 142 cm³/mol. The number of alkyl halides is 1. The van der Waals surface area contributed by atoms with Crippen LogP contribution in [0.2, 0.25) is 10.0 Å². The lowest BCUT2D eigenvalue weighted by Crippen LogP contribution is -1.87. The van der Waals surface area contributed by atoms with Crippen LogP contribution in [-0.2, 0) is 11.9 Å². The highest BCUT2D eigenvalue weighted by molar-refractivity contribution is 9.93. The van der Waals surface area contributed by atoms with Crippen LogP contribution >= 0.6 is 89.6 Å². The lowest BCUT2D eigenvalue weighted by atomic mass is 10.2. The Morgan fingerprint density at radius 3 is 1.46 bits per heavy atom. The highest BCUT2D eigenvalue weighted by Gasteiger charge is 2.00. The fourth-order valence-electron chi connectivity index (χ4n) is 1.55. The average Bonchev–Trinajstić information content (AvgIpc) is 2.61. The van der Waals surface area contributed by atoms with Gasteiger partial charge in [0.2, 0.25) is 0 Å². The summed E-state index contributed by atoms with van der Waals surface area (Å²) in [4.78, 5) is 0. The van der Waals surface area contributed by atoms with Crippen molar-refractivity contribution in [3.05, 3.63) is 57.6 Å². The van der Waals surface area contributed by atoms with Gasteiger partial charge >= 0.3 is 0 Å². The van der Waals surface area contributed by atoms with Gasteiger partial charge in [-0.15, -0.1) is 0 Å². The van der Waals surface area contributed by atoms with Crippen LogP contribution in [-0.4, -0.2) is 19.3 Å². The molecule has 28 heavy (non-hydrogen) atoms. The Hall–Kier alpha value is 0.930. The molecule has 0 heterocycles. The summed E-state index contributed by atoms with van der Waals surface area (Å²) in [5.74, 6) is 1.49. The molecule has 0 radical (unpaired) electrons. The van der Waals surface area contributed by atoms with Crippen molar-refractivity contribution >= 4 is 89.6 Å². The Labute approximate surface area is 212 Å². The van der Waals surface area contributed by atoms with Gasteiger partial charge in [-0.05, 0) is 81.9 Å². The van der Waals surface area contributed by atoms with Gasteiger partial charge in [-0.3, -0.25) is 0 Å². The lowest BCUT2D eigenvalue weighted by molar-refractivity contribution is 0.281. The number of hydrogen-bond donors (Lipinski definition) is 1. The molecule has 0 atom stereocenters. The summed E-state index contributed by atoms with van der Waals surface area (Å²) in [6, 6.07) is 10.8. The predicted octanol–water partition coefficient (Wildman–Crippen LogP) is 9.75. The highest BCUT2D eigenvalue weighted by Crippen LogP contribution is 2.59. The van der Waals surface area contributed by atoms with E-state index < -0.39 is 0 Å². The van der Waals surface area contributed by atoms with Gasteiger partial charge in [-0.2, -0.15) is 0 Å². The minimum atomic E-state index is -0.183. The number of halogens is 6. The lowest BCUT2D eigenvalue weighted by Gasteiger charge is -2.02. The topological polar surface area (TPSA) is 38.7 Å². The van der Waals surface area contributed by atoms with Gasteiger partial charge in [0.15, 0.2) is 0 Å². The Kier molecular flexibility index (Phi) is 23.8. The van der Waals surface area contributed by atoms with Gasteiger partial charge < -0.3 is 14.6 Å². The molecule has 2 aromatic carbocycles. The number of hydrogen-bond acceptors (Lipinski definition) is 3. The van der Waals surface area contributed by atoms with Crippen molar-refractivity contribution < 1.29 is 14.6 Å². The molecule has 3 nitrogen and oxygen atoms in total. The number of benzene rings is 2. The third-order valence-electron chi connectivity index (χ3n) is 2.83. The maximum absolute atomic E-state index is 8.76. The Bertz CT molecular complexity index is 608. The number of methoxy groups -OCH3 is 2. The van der Waals surface area contributed by atoms with Crippen molar-refractivity contribution in [1.29, 1.82) is 0 Å². The second-order valence-corrected chi connectivity index (χ2v) is 21.1. The Balaban J connectivity index is -0.000000355. The quantitative estimate of drug-likeness (QED) is 0.254. The fourth-order valence-corrected chi connectivity index (χ4v) is 2.66. The first-order valence-electron chi connectivity index (χ1n) is 6.88. The largest absolute Gasteiger partial charge is 0.497 e. The molecule has 1 N–H and O–H groups in total. The van der Waals surface area contributed by atoms with E-state index in [0.717, 1.165) is 21.7 Å². The molecule has 0 saturated carbocycles. The van der Waals surface area contributed by atoms with E-state index in [1.165, 1.54) is 0 Å². The number of aliphatic hydroxyl groups is 1. The monoisotopic (exact) mass is 706 g/mol. The van der Waals surface area contributed by atoms with Gasteiger partial charge in [0.05, 0.1) is 20.8 Å². The van der Waals surface area contributed by atoms with Crippen LogP contribution in [0.5, 0.6) is 11.5 Å². The van der Waals surface area contributed by atoms with Gasteiger partial charge in [-0.25, -0.2) is 0 Å². The minimum Gasteiger partial charge on any atom is -0.497 e. The highest BCUT2D eigenvalue weighted by atomic mass is 80.0. The van der Waals surface area contributed by atoms with E-state index in [2.05, 4.69) is 62.4 Å². The molecule has 2 rings (SSSR count). The zero-order valence-electron chi connectivity index (χ0n) is 13.9. The molecule has 10 heteroatoms. The van der Waals surface area contributed by atoms with Gasteiger partial charge in [-0.1, -0.05) is 66.1 Å². The van der Waals surface area contributed by atoms with E-state index in [1.54, 1.807) is 38.5 Å². The summed E-state index contributed by atoms with van der Waals surface area (Å²) in [7, 11) is 3.20. The van der Waals surface area contributed by atoms with E-state index in [-0.39, 0.29) is 25.5 Å². The first-order valence-corrected chi connectivity index (χ1v) is 16.2. The van der Waals surface area contributed by atoms with Crippen LogP contribution in [0.1, 0.15) is 26.0 Å². The van der Waals surface area contributed by atoms with Gasteiger partial charge in [0.1, 0.15) is 15.5 Å². The van der Waals surface area contributed by atoms with Crippen molar-refractivity contribution in [3.8, 4) is 11.5 Å². The first-order chi connectivity index (χ1) is 12.3. The molecular weight excluding hydrogens is 686 g/mol. The van der Waals surface area contributed by atoms with E-state index in [9.17, 15) is 0 Å². The zero-order valence-corrected chi connectivity index (χ0v) is 22.6. The summed E-state index contributed by atoms with van der Waals surface area (Å²) in [6.45, 7) is -0.0389. The SMILES string of the molecule is BrP(Br)Br.C.C.COc1ccc(CBr)c(Cl)c1.COc1ccc(CO)c(Cl)c1. The summed E-state index contributed by atoms with van der Waals surface area (Å²) < 4.78 is 9.74. The third kappa shape index (κ3) is 14.8. The Morgan fingerprint density at radius 1 is 0.857 bits per heavy atom. The van der Waals surface area contributed by atoms with Crippen LogP contribution in [0.4, 0.5) is 0 Å². The minimum absolute atomic E-state index is 0. The standard InChI is InChI=1S/C8H8BrClO.C8H9ClO2.2CH4.Br3P/c1-11-7-3-2-6(5-9)8(10)4-7;1-11-7-3-2-6(5-10)8(9)4-7;;;1-4(2)3/h2-4H,5H2,1H3;2-4,10H,5H2,1H3;2*1H4;. The summed E-state index contributed by atoms with van der Waals surface area (Å²) >= 11 is 24.5. The summed E-state index contributed by atoms with van der Waals surface area (Å²) in [6.07, 6.45) is 0. The smallest absolute Gasteiger partial charge is 0.120 e. The molecule has 0 saturated heterocycles. The fraction of sp³-hybridized carbons (Fsp3) is 0.333. The van der Waals surface area contributed by atoms with Crippen molar-refractivity contribution in [3.63, 3.8) is 0 Å². The number of rotatable bonds is 4. The molecule has 2 aromatic rings. The zero-order chi connectivity index (χ0) is 20.1. The summed E-state index contributed by atoms with van der Waals surface area (Å²) in [5, 5.41) is 10.8. The van der Waals surface area contributed by atoms with E-state index in [0.29, 0.717) is 16.3 Å². The molecule has 0 amide bonds. The number of aliphatic hydroxyl groups excluding tert-OH is 1. The molecule has 0 fully saturated rings. The van der Waals surface area contributed by atoms with E-state index in [4.69, 9.17) is 37.8 Å². The van der Waals surface area contributed by atoms with Crippen LogP contribution in [0, 0.1) is 0 Å². The molecule has 0 aliphatic heterocycles. The first kappa shape index (κ1) is 33.6. The van der Waals surface area contributed by atoms with Crippen LogP contribution in [0.25, 0.3) is 0 Å². The second-order valence-electron chi connectivity index (χ2n) is 4.40. The molecule has 0 unspecified atom stereocenters. The maximum atomic E-state index is 8.76. The second kappa shape index (κ2) is 19.9. The third-order valence-corrected chi connectivity index (χ3v) is 4.14. The molecule has 0 aliphatic rings. The maximum Gasteiger partial charge on any atom is 0.120 e. The molecule has 0 aromatic heterocycles. The average molecular weight is 711 g/mol. The molecule has 0 bridgehead atoms. The Morgan fingerprint density at radius 2 is 1.21 bits per heavy atom. The van der Waals surface area contributed by atoms with Gasteiger partial charge in [0.25, 0.3) is 0 Å². The molecule has 162 valence electrons. The molecule has 0 spiro atoms. The van der Waals surface area contributed by atoms with Crippen LogP contribution < -0.4 is 9.47 Å². The van der Waals surface area contributed by atoms with E-state index >= 15 is 0 Å². The van der Waals surface area contributed by atoms with Crippen molar-refractivity contribution in [2.24, 2.45) is 0 Å². The summed E-state index contributed by atoms with van der Waals surface area (Å²) in [5.41, 5.74) is 1.79. The van der Waals surface area contributed by atoms with Crippen molar-refractivity contribution in [2.75, 3.05) is 14.2 Å². The molecular formula is C18H25Br4Cl2O3P. The van der Waals surface area contributed by atoms with Gasteiger partial charge in [0, 0.05) is 15.4 Å².